The van der Waals surface area contributed by atoms with E-state index >= 15 is 0 Å². The number of carbonyl (C=O) groups is 1. The molecule has 0 N–H and O–H groups in total. The lowest BCUT2D eigenvalue weighted by atomic mass is 9.87. The van der Waals surface area contributed by atoms with Gasteiger partial charge in [0.2, 0.25) is 0 Å². The van der Waals surface area contributed by atoms with Gasteiger partial charge in [-0.1, -0.05) is 12.1 Å². The van der Waals surface area contributed by atoms with Crippen molar-refractivity contribution in [3.05, 3.63) is 59.3 Å². The van der Waals surface area contributed by atoms with Crippen LogP contribution >= 0.6 is 0 Å². The van der Waals surface area contributed by atoms with Crippen molar-refractivity contribution in [3.8, 4) is 0 Å². The summed E-state index contributed by atoms with van der Waals surface area (Å²) in [4.78, 5) is 17.2. The van der Waals surface area contributed by atoms with Gasteiger partial charge in [-0.3, -0.25) is 9.69 Å². The summed E-state index contributed by atoms with van der Waals surface area (Å²) >= 11 is 0. The van der Waals surface area contributed by atoms with Crippen LogP contribution in [0.3, 0.4) is 0 Å². The molecule has 1 aromatic carbocycles. The first-order valence-electron chi connectivity index (χ1n) is 9.91. The Kier molecular flexibility index (Phi) is 5.04. The van der Waals surface area contributed by atoms with Crippen LogP contribution in [0.4, 0.5) is 4.39 Å². The van der Waals surface area contributed by atoms with Crippen molar-refractivity contribution in [1.29, 1.82) is 0 Å². The lowest BCUT2D eigenvalue weighted by Gasteiger charge is -2.38. The number of nitrogens with zero attached hydrogens (tertiary/aromatic N) is 2. The van der Waals surface area contributed by atoms with E-state index in [-0.39, 0.29) is 17.3 Å². The van der Waals surface area contributed by atoms with E-state index in [9.17, 15) is 9.18 Å². The number of rotatable bonds is 3. The highest BCUT2D eigenvalue weighted by Crippen LogP contribution is 2.39. The van der Waals surface area contributed by atoms with Gasteiger partial charge in [-0.2, -0.15) is 0 Å². The van der Waals surface area contributed by atoms with Gasteiger partial charge in [0, 0.05) is 25.2 Å². The molecule has 27 heavy (non-hydrogen) atoms. The molecule has 3 heterocycles. The van der Waals surface area contributed by atoms with E-state index < -0.39 is 0 Å². The number of amides is 1. The predicted octanol–water partition coefficient (Wildman–Crippen LogP) is 4.39. The molecule has 0 saturated carbocycles. The number of benzene rings is 1. The molecule has 1 spiro atoms. The van der Waals surface area contributed by atoms with Crippen molar-refractivity contribution in [3.63, 3.8) is 0 Å². The van der Waals surface area contributed by atoms with Crippen molar-refractivity contribution >= 4 is 5.91 Å². The fourth-order valence-electron chi connectivity index (χ4n) is 4.75. The third-order valence-electron chi connectivity index (χ3n) is 6.16. The van der Waals surface area contributed by atoms with Crippen LogP contribution in [0, 0.1) is 12.7 Å². The highest BCUT2D eigenvalue weighted by molar-refractivity contribution is 5.91. The Labute approximate surface area is 159 Å². The Morgan fingerprint density at radius 3 is 2.67 bits per heavy atom. The van der Waals surface area contributed by atoms with Gasteiger partial charge < -0.3 is 9.32 Å². The minimum atomic E-state index is -0.174. The molecule has 4 nitrogen and oxygen atoms in total. The van der Waals surface area contributed by atoms with Gasteiger partial charge in [0.05, 0.1) is 0 Å². The Bertz CT molecular complexity index is 818. The van der Waals surface area contributed by atoms with Crippen LogP contribution in [0.1, 0.15) is 54.0 Å². The maximum absolute atomic E-state index is 13.6. The zero-order valence-electron chi connectivity index (χ0n) is 15.9. The third-order valence-corrected chi connectivity index (χ3v) is 6.16. The topological polar surface area (TPSA) is 36.7 Å². The number of hydrogen-bond acceptors (Lipinski definition) is 3. The van der Waals surface area contributed by atoms with E-state index in [1.807, 2.05) is 24.0 Å². The Hall–Kier alpha value is -2.14. The van der Waals surface area contributed by atoms with Gasteiger partial charge >= 0.3 is 0 Å². The number of halogens is 1. The van der Waals surface area contributed by atoms with Gasteiger partial charge in [-0.15, -0.1) is 0 Å². The fourth-order valence-corrected chi connectivity index (χ4v) is 4.75. The summed E-state index contributed by atoms with van der Waals surface area (Å²) in [6, 6.07) is 10.5. The van der Waals surface area contributed by atoms with Gasteiger partial charge in [-0.05, 0) is 75.4 Å². The molecule has 144 valence electrons. The first-order chi connectivity index (χ1) is 13.1. The second kappa shape index (κ2) is 7.47. The van der Waals surface area contributed by atoms with E-state index in [0.717, 1.165) is 63.2 Å². The molecule has 0 radical (unpaired) electrons. The summed E-state index contributed by atoms with van der Waals surface area (Å²) in [7, 11) is 0. The van der Waals surface area contributed by atoms with Crippen LogP contribution in [0.5, 0.6) is 0 Å². The lowest BCUT2D eigenvalue weighted by molar-refractivity contribution is 0.0706. The summed E-state index contributed by atoms with van der Waals surface area (Å²) in [5, 5.41) is 0. The van der Waals surface area contributed by atoms with Crippen LogP contribution in [0.15, 0.2) is 40.8 Å². The fraction of sp³-hybridized carbons (Fsp3) is 0.500. The molecule has 2 aliphatic heterocycles. The van der Waals surface area contributed by atoms with E-state index in [0.29, 0.717) is 5.76 Å². The number of likely N-dealkylation sites (tertiary alicyclic amines) is 2. The van der Waals surface area contributed by atoms with Crippen LogP contribution in [0.25, 0.3) is 0 Å². The van der Waals surface area contributed by atoms with E-state index in [4.69, 9.17) is 4.42 Å². The van der Waals surface area contributed by atoms with Crippen molar-refractivity contribution in [2.45, 2.75) is 51.1 Å². The number of carbonyl (C=O) groups excluding carboxylic acids is 1. The third kappa shape index (κ3) is 3.79. The van der Waals surface area contributed by atoms with E-state index in [1.165, 1.54) is 12.5 Å². The monoisotopic (exact) mass is 370 g/mol. The van der Waals surface area contributed by atoms with Crippen LogP contribution in [-0.2, 0) is 6.54 Å². The molecule has 1 aromatic heterocycles. The Balaban J connectivity index is 1.46. The average molecular weight is 370 g/mol. The zero-order valence-corrected chi connectivity index (χ0v) is 15.9. The molecule has 1 atom stereocenters. The van der Waals surface area contributed by atoms with Crippen molar-refractivity contribution in [2.24, 2.45) is 0 Å². The number of furan rings is 1. The van der Waals surface area contributed by atoms with Gasteiger partial charge in [0.25, 0.3) is 5.91 Å². The zero-order chi connectivity index (χ0) is 18.9. The molecule has 4 rings (SSSR count). The quantitative estimate of drug-likeness (QED) is 0.804. The summed E-state index contributed by atoms with van der Waals surface area (Å²) in [6.07, 6.45) is 5.37. The Morgan fingerprint density at radius 2 is 1.93 bits per heavy atom. The number of aryl methyl sites for hydroxylation is 1. The van der Waals surface area contributed by atoms with E-state index in [2.05, 4.69) is 4.90 Å². The summed E-state index contributed by atoms with van der Waals surface area (Å²) in [6.45, 7) is 5.20. The minimum Gasteiger partial charge on any atom is -0.456 e. The molecular weight excluding hydrogens is 343 g/mol. The maximum atomic E-state index is 13.6. The molecule has 2 aliphatic rings. The molecule has 2 fully saturated rings. The molecule has 2 saturated heterocycles. The normalized spacial score (nSPS) is 23.7. The molecule has 1 amide bonds. The smallest absolute Gasteiger partial charge is 0.289 e. The summed E-state index contributed by atoms with van der Waals surface area (Å²) in [5.41, 5.74) is 1.15. The molecule has 5 heteroatoms. The summed E-state index contributed by atoms with van der Waals surface area (Å²) in [5.74, 6) is 1.02. The predicted molar refractivity (Wildman–Crippen MR) is 102 cm³/mol. The van der Waals surface area contributed by atoms with Crippen molar-refractivity contribution in [1.82, 2.24) is 9.80 Å². The highest BCUT2D eigenvalue weighted by Gasteiger charge is 2.42. The maximum Gasteiger partial charge on any atom is 0.289 e. The van der Waals surface area contributed by atoms with Crippen LogP contribution < -0.4 is 0 Å². The first kappa shape index (κ1) is 18.2. The van der Waals surface area contributed by atoms with Gasteiger partial charge in [0.1, 0.15) is 11.6 Å². The van der Waals surface area contributed by atoms with Crippen molar-refractivity contribution in [2.75, 3.05) is 19.6 Å². The Morgan fingerprint density at radius 1 is 1.11 bits per heavy atom. The molecule has 2 aromatic rings. The number of hydrogen-bond donors (Lipinski definition) is 0. The lowest BCUT2D eigenvalue weighted by Crippen LogP contribution is -2.44. The molecule has 0 unspecified atom stereocenters. The highest BCUT2D eigenvalue weighted by atomic mass is 19.1. The molecular formula is C22H27FN2O2. The average Bonchev–Trinajstić information content (AvgIpc) is 3.17. The second-order valence-electron chi connectivity index (χ2n) is 7.94. The van der Waals surface area contributed by atoms with Crippen molar-refractivity contribution < 1.29 is 13.6 Å². The molecule has 0 bridgehead atoms. The standard InChI is InChI=1S/C22H27FN2O2/c1-17-7-8-20(27-17)21(26)24-12-3-9-22(11-14-24)10-4-13-25(22)16-18-5-2-6-19(23)15-18/h2,5-8,15H,3-4,9-14,16H2,1H3/t22-/m1/s1. The van der Waals surface area contributed by atoms with E-state index in [1.54, 1.807) is 18.2 Å². The van der Waals surface area contributed by atoms with Crippen LogP contribution in [-0.4, -0.2) is 40.9 Å². The molecule has 0 aliphatic carbocycles. The first-order valence-corrected chi connectivity index (χ1v) is 9.91. The second-order valence-corrected chi connectivity index (χ2v) is 7.94. The SMILES string of the molecule is Cc1ccc(C(=O)N2CCC[C@@]3(CCCN3Cc3cccc(F)c3)CC2)o1. The summed E-state index contributed by atoms with van der Waals surface area (Å²) < 4.78 is 19.1. The van der Waals surface area contributed by atoms with Gasteiger partial charge in [-0.25, -0.2) is 4.39 Å². The van der Waals surface area contributed by atoms with Gasteiger partial charge in [0.15, 0.2) is 5.76 Å². The minimum absolute atomic E-state index is 0.00479. The largest absolute Gasteiger partial charge is 0.456 e. The van der Waals surface area contributed by atoms with Crippen LogP contribution in [0.2, 0.25) is 0 Å².